The van der Waals surface area contributed by atoms with Gasteiger partial charge in [0.2, 0.25) is 5.91 Å². The molecule has 63 heavy (non-hydrogen) atoms. The summed E-state index contributed by atoms with van der Waals surface area (Å²) < 4.78 is 30.1. The molecule has 0 saturated carbocycles. The van der Waals surface area contributed by atoms with Crippen molar-refractivity contribution < 1.29 is 37.3 Å². The second-order valence-electron chi connectivity index (χ2n) is 19.4. The van der Waals surface area contributed by atoms with Crippen LogP contribution in [0.15, 0.2) is 24.3 Å². The van der Waals surface area contributed by atoms with Gasteiger partial charge >= 0.3 is 5.97 Å². The van der Waals surface area contributed by atoms with Crippen LogP contribution >= 0.6 is 7.82 Å². The maximum absolute atomic E-state index is 13.4. The molecule has 10 heteroatoms. The van der Waals surface area contributed by atoms with E-state index < -0.39 is 20.0 Å². The summed E-state index contributed by atoms with van der Waals surface area (Å²) in [6, 6.07) is -0.883. The Labute approximate surface area is 390 Å². The van der Waals surface area contributed by atoms with E-state index in [9.17, 15) is 19.0 Å². The molecule has 372 valence electrons. The van der Waals surface area contributed by atoms with Crippen LogP contribution in [0.2, 0.25) is 0 Å². The summed E-state index contributed by atoms with van der Waals surface area (Å²) in [6.45, 7) is 6.80. The third kappa shape index (κ3) is 45.4. The Morgan fingerprint density at radius 1 is 0.540 bits per heavy atom. The monoisotopic (exact) mass is 911 g/mol. The van der Waals surface area contributed by atoms with E-state index in [0.29, 0.717) is 17.4 Å². The Balaban J connectivity index is 5.42. The van der Waals surface area contributed by atoms with Crippen molar-refractivity contribution in [3.8, 4) is 0 Å². The van der Waals surface area contributed by atoms with Gasteiger partial charge in [0.15, 0.2) is 0 Å². The number of amides is 1. The Bertz CT molecular complexity index is 1140. The molecule has 9 nitrogen and oxygen atoms in total. The first kappa shape index (κ1) is 61.5. The first-order valence-electron chi connectivity index (χ1n) is 26.6. The highest BCUT2D eigenvalue weighted by molar-refractivity contribution is 7.45. The summed E-state index contributed by atoms with van der Waals surface area (Å²) in [5.74, 6) is -0.545. The minimum atomic E-state index is -4.68. The summed E-state index contributed by atoms with van der Waals surface area (Å²) >= 11 is 0. The highest BCUT2D eigenvalue weighted by Gasteiger charge is 2.27. The summed E-state index contributed by atoms with van der Waals surface area (Å²) in [6.07, 6.45) is 48.5. The van der Waals surface area contributed by atoms with Crippen molar-refractivity contribution in [2.24, 2.45) is 0 Å². The van der Waals surface area contributed by atoms with Gasteiger partial charge in [-0.05, 0) is 51.0 Å². The zero-order valence-corrected chi connectivity index (χ0v) is 43.2. The average molecular weight is 911 g/mol. The number of esters is 1. The molecule has 0 fully saturated rings. The number of phosphoric ester groups is 1. The van der Waals surface area contributed by atoms with E-state index in [1.54, 1.807) is 0 Å². The van der Waals surface area contributed by atoms with Crippen molar-refractivity contribution in [3.63, 3.8) is 0 Å². The first-order chi connectivity index (χ1) is 30.4. The zero-order chi connectivity index (χ0) is 46.5. The van der Waals surface area contributed by atoms with Crippen molar-refractivity contribution in [1.29, 1.82) is 0 Å². The number of hydrogen-bond donors (Lipinski definition) is 1. The van der Waals surface area contributed by atoms with Gasteiger partial charge in [0.25, 0.3) is 7.82 Å². The van der Waals surface area contributed by atoms with Crippen LogP contribution in [-0.4, -0.2) is 69.4 Å². The third-order valence-electron chi connectivity index (χ3n) is 11.9. The standard InChI is InChI=1S/C53H103N2O7P/c1-7-10-13-16-19-22-25-27-30-32-35-38-41-44-51(62-53(57)46-43-40-37-34-29-24-21-18-15-12-9-3)50(49-61-63(58,59)60-48-47-55(4,5)6)54-52(56)45-42-39-36-33-31-28-26-23-20-17-14-11-8-2/h18,21,41,44,50-51H,7-17,19-20,22-40,42-43,45-49H2,1-6H3,(H-,54,56,58,59)/b21-18-,44-41+. The molecule has 0 bridgehead atoms. The number of hydrogen-bond acceptors (Lipinski definition) is 7. The van der Waals surface area contributed by atoms with Crippen molar-refractivity contribution in [2.45, 2.75) is 264 Å². The topological polar surface area (TPSA) is 114 Å². The lowest BCUT2D eigenvalue weighted by Crippen LogP contribution is -2.47. The van der Waals surface area contributed by atoms with E-state index in [-0.39, 0.29) is 31.5 Å². The Morgan fingerprint density at radius 2 is 0.937 bits per heavy atom. The van der Waals surface area contributed by atoms with Gasteiger partial charge in [0.1, 0.15) is 19.3 Å². The number of unbranched alkanes of at least 4 members (excludes halogenated alkanes) is 30. The highest BCUT2D eigenvalue weighted by Crippen LogP contribution is 2.38. The van der Waals surface area contributed by atoms with E-state index in [2.05, 4.69) is 38.2 Å². The summed E-state index contributed by atoms with van der Waals surface area (Å²) in [4.78, 5) is 39.6. The van der Waals surface area contributed by atoms with Crippen LogP contribution in [0.5, 0.6) is 0 Å². The molecule has 1 amide bonds. The fourth-order valence-corrected chi connectivity index (χ4v) is 8.40. The molecule has 0 aliphatic heterocycles. The Hall–Kier alpha value is -1.51. The number of ether oxygens (including phenoxy) is 1. The van der Waals surface area contributed by atoms with Gasteiger partial charge in [-0.1, -0.05) is 212 Å². The van der Waals surface area contributed by atoms with Crippen LogP contribution in [0, 0.1) is 0 Å². The second kappa shape index (κ2) is 44.3. The fourth-order valence-electron chi connectivity index (χ4n) is 7.68. The van der Waals surface area contributed by atoms with Crippen LogP contribution in [0.4, 0.5) is 0 Å². The first-order valence-corrected chi connectivity index (χ1v) is 28.1. The molecule has 0 aromatic carbocycles. The number of likely N-dealkylation sites (N-methyl/N-ethyl adjacent to an activating group) is 1. The fraction of sp³-hybridized carbons (Fsp3) is 0.887. The van der Waals surface area contributed by atoms with Crippen LogP contribution < -0.4 is 10.2 Å². The van der Waals surface area contributed by atoms with Crippen molar-refractivity contribution in [3.05, 3.63) is 24.3 Å². The summed E-state index contributed by atoms with van der Waals surface area (Å²) in [5, 5.41) is 3.01. The number of carbonyl (C=O) groups is 2. The molecule has 3 unspecified atom stereocenters. The molecule has 0 saturated heterocycles. The number of rotatable bonds is 48. The minimum Gasteiger partial charge on any atom is -0.756 e. The molecule has 3 atom stereocenters. The molecule has 1 N–H and O–H groups in total. The van der Waals surface area contributed by atoms with Gasteiger partial charge in [0.05, 0.1) is 33.8 Å². The number of phosphoric acid groups is 1. The number of carbonyl (C=O) groups excluding carboxylic acids is 2. The van der Waals surface area contributed by atoms with Gasteiger partial charge in [-0.3, -0.25) is 14.2 Å². The van der Waals surface area contributed by atoms with Gasteiger partial charge in [-0.2, -0.15) is 0 Å². The smallest absolute Gasteiger partial charge is 0.306 e. The Kier molecular flexibility index (Phi) is 43.3. The number of allylic oxidation sites excluding steroid dienone is 3. The molecule has 0 aromatic heterocycles. The van der Waals surface area contributed by atoms with Crippen LogP contribution in [0.3, 0.4) is 0 Å². The molecule has 0 radical (unpaired) electrons. The lowest BCUT2D eigenvalue weighted by Gasteiger charge is -2.30. The van der Waals surface area contributed by atoms with Crippen LogP contribution in [-0.2, 0) is 27.9 Å². The number of nitrogens with zero attached hydrogens (tertiary/aromatic N) is 1. The van der Waals surface area contributed by atoms with Crippen LogP contribution in [0.25, 0.3) is 0 Å². The van der Waals surface area contributed by atoms with E-state index in [1.165, 1.54) is 135 Å². The SMILES string of the molecule is CCCC/C=C\CCCCCCCC(=O)OC(/C=C/CCCCCCCCCCCCC)C(COP(=O)([O-])OCC[N+](C)(C)C)NC(=O)CCCCCCCCCCCCCCC. The number of quaternary nitrogens is 1. The summed E-state index contributed by atoms with van der Waals surface area (Å²) in [7, 11) is 1.19. The average Bonchev–Trinajstić information content (AvgIpc) is 3.23. The Morgan fingerprint density at radius 3 is 1.40 bits per heavy atom. The van der Waals surface area contributed by atoms with E-state index in [4.69, 9.17) is 13.8 Å². The maximum Gasteiger partial charge on any atom is 0.306 e. The van der Waals surface area contributed by atoms with Gasteiger partial charge in [-0.15, -0.1) is 0 Å². The largest absolute Gasteiger partial charge is 0.756 e. The third-order valence-corrected chi connectivity index (χ3v) is 12.8. The molecule has 0 spiro atoms. The van der Waals surface area contributed by atoms with E-state index in [1.807, 2.05) is 33.3 Å². The van der Waals surface area contributed by atoms with E-state index in [0.717, 1.165) is 83.5 Å². The second-order valence-corrected chi connectivity index (χ2v) is 20.8. The normalized spacial score (nSPS) is 14.1. The quantitative estimate of drug-likeness (QED) is 0.0213. The predicted octanol–water partition coefficient (Wildman–Crippen LogP) is 14.8. The molecule has 0 aliphatic carbocycles. The molecule has 0 rings (SSSR count). The maximum atomic E-state index is 13.4. The molecule has 0 aliphatic rings. The highest BCUT2D eigenvalue weighted by atomic mass is 31.2. The molecular weight excluding hydrogens is 808 g/mol. The van der Waals surface area contributed by atoms with Gasteiger partial charge in [-0.25, -0.2) is 0 Å². The lowest BCUT2D eigenvalue weighted by molar-refractivity contribution is -0.870. The van der Waals surface area contributed by atoms with Crippen molar-refractivity contribution in [1.82, 2.24) is 5.32 Å². The molecule has 0 heterocycles. The lowest BCUT2D eigenvalue weighted by atomic mass is 10.0. The van der Waals surface area contributed by atoms with Crippen molar-refractivity contribution >= 4 is 19.7 Å². The molecular formula is C53H103N2O7P. The van der Waals surface area contributed by atoms with Crippen molar-refractivity contribution in [2.75, 3.05) is 40.9 Å². The molecule has 0 aromatic rings. The van der Waals surface area contributed by atoms with Gasteiger partial charge < -0.3 is 28.5 Å². The summed E-state index contributed by atoms with van der Waals surface area (Å²) in [5.41, 5.74) is 0. The number of nitrogens with one attached hydrogen (secondary N) is 1. The predicted molar refractivity (Wildman–Crippen MR) is 266 cm³/mol. The zero-order valence-electron chi connectivity index (χ0n) is 42.3. The van der Waals surface area contributed by atoms with Crippen LogP contribution in [0.1, 0.15) is 252 Å². The van der Waals surface area contributed by atoms with Gasteiger partial charge in [0, 0.05) is 12.8 Å². The van der Waals surface area contributed by atoms with E-state index >= 15 is 0 Å². The minimum absolute atomic E-state index is 0.0205.